The lowest BCUT2D eigenvalue weighted by molar-refractivity contribution is -0.142. The third-order valence-electron chi connectivity index (χ3n) is 5.80. The molecule has 1 aromatic heterocycles. The molecule has 1 amide bonds. The predicted octanol–water partition coefficient (Wildman–Crippen LogP) is 1.73. The lowest BCUT2D eigenvalue weighted by Crippen LogP contribution is -2.48. The van der Waals surface area contributed by atoms with Crippen LogP contribution < -0.4 is 10.9 Å². The number of amides is 1. The van der Waals surface area contributed by atoms with Gasteiger partial charge in [0, 0.05) is 31.1 Å². The molecule has 4 rings (SSSR count). The van der Waals surface area contributed by atoms with Crippen LogP contribution in [0, 0.1) is 5.92 Å². The zero-order chi connectivity index (χ0) is 20.4. The first kappa shape index (κ1) is 19.6. The van der Waals surface area contributed by atoms with Gasteiger partial charge in [-0.15, -0.1) is 0 Å². The van der Waals surface area contributed by atoms with Crippen molar-refractivity contribution < 1.29 is 19.4 Å². The van der Waals surface area contributed by atoms with Crippen molar-refractivity contribution >= 4 is 22.8 Å². The zero-order valence-corrected chi connectivity index (χ0v) is 16.2. The molecule has 29 heavy (non-hydrogen) atoms. The first-order valence-electron chi connectivity index (χ1n) is 10.2. The highest BCUT2D eigenvalue weighted by Crippen LogP contribution is 2.20. The van der Waals surface area contributed by atoms with E-state index >= 15 is 0 Å². The van der Waals surface area contributed by atoms with Gasteiger partial charge in [0.25, 0.3) is 11.5 Å². The molecule has 3 heterocycles. The number of aromatic nitrogens is 2. The Hall–Kier alpha value is -2.74. The standard InChI is InChI=1S/C21H25N3O5/c25-19(23-18(21(27)28)14-5-4-10-29-12-14)13-7-8-15-16(11-13)22-17-6-2-1-3-9-24(17)20(15)26/h7-8,11,14,18H,1-6,9-10,12H2,(H,23,25)(H,27,28). The summed E-state index contributed by atoms with van der Waals surface area (Å²) in [6.45, 7) is 1.61. The van der Waals surface area contributed by atoms with Crippen LogP contribution in [0.3, 0.4) is 0 Å². The Balaban J connectivity index is 1.62. The summed E-state index contributed by atoms with van der Waals surface area (Å²) in [6, 6.07) is 3.73. The summed E-state index contributed by atoms with van der Waals surface area (Å²) in [5.41, 5.74) is 0.691. The molecule has 2 aromatic rings. The molecule has 0 saturated carbocycles. The van der Waals surface area contributed by atoms with Crippen LogP contribution in [0.1, 0.15) is 48.3 Å². The molecule has 8 nitrogen and oxygen atoms in total. The second kappa shape index (κ2) is 8.32. The van der Waals surface area contributed by atoms with Crippen LogP contribution in [0.5, 0.6) is 0 Å². The van der Waals surface area contributed by atoms with Crippen LogP contribution in [0.4, 0.5) is 0 Å². The molecule has 2 unspecified atom stereocenters. The normalized spacial score (nSPS) is 20.5. The van der Waals surface area contributed by atoms with Gasteiger partial charge >= 0.3 is 5.97 Å². The minimum atomic E-state index is -1.07. The maximum Gasteiger partial charge on any atom is 0.326 e. The first-order valence-corrected chi connectivity index (χ1v) is 10.2. The van der Waals surface area contributed by atoms with Gasteiger partial charge in [-0.2, -0.15) is 0 Å². The van der Waals surface area contributed by atoms with E-state index in [1.807, 2.05) is 0 Å². The number of carboxylic acid groups (broad SMARTS) is 1. The number of carboxylic acids is 1. The summed E-state index contributed by atoms with van der Waals surface area (Å²) < 4.78 is 7.11. The van der Waals surface area contributed by atoms with Crippen molar-refractivity contribution in [2.45, 2.75) is 51.1 Å². The number of hydrogen-bond acceptors (Lipinski definition) is 5. The van der Waals surface area contributed by atoms with Gasteiger partial charge in [-0.3, -0.25) is 14.2 Å². The molecule has 0 bridgehead atoms. The molecule has 1 saturated heterocycles. The van der Waals surface area contributed by atoms with E-state index in [9.17, 15) is 19.5 Å². The maximum atomic E-state index is 12.8. The third-order valence-corrected chi connectivity index (χ3v) is 5.80. The number of carbonyl (C=O) groups excluding carboxylic acids is 1. The van der Waals surface area contributed by atoms with Crippen LogP contribution in [-0.4, -0.2) is 45.8 Å². The Bertz CT molecular complexity index is 994. The number of carbonyl (C=O) groups is 2. The van der Waals surface area contributed by atoms with Crippen molar-refractivity contribution in [2.75, 3.05) is 13.2 Å². The number of aliphatic carboxylic acids is 1. The minimum Gasteiger partial charge on any atom is -0.480 e. The number of nitrogens with zero attached hydrogens (tertiary/aromatic N) is 2. The van der Waals surface area contributed by atoms with E-state index < -0.39 is 17.9 Å². The number of benzene rings is 1. The third kappa shape index (κ3) is 4.03. The van der Waals surface area contributed by atoms with Crippen molar-refractivity contribution in [3.05, 3.63) is 39.9 Å². The summed E-state index contributed by atoms with van der Waals surface area (Å²) in [5, 5.41) is 12.7. The first-order chi connectivity index (χ1) is 14.0. The Morgan fingerprint density at radius 1 is 1.24 bits per heavy atom. The van der Waals surface area contributed by atoms with E-state index in [0.717, 1.165) is 37.9 Å². The molecule has 8 heteroatoms. The number of rotatable bonds is 4. The van der Waals surface area contributed by atoms with Crippen molar-refractivity contribution in [3.63, 3.8) is 0 Å². The van der Waals surface area contributed by atoms with E-state index in [2.05, 4.69) is 10.3 Å². The summed E-state index contributed by atoms with van der Waals surface area (Å²) in [6.07, 6.45) is 5.22. The highest BCUT2D eigenvalue weighted by molar-refractivity contribution is 5.99. The fourth-order valence-corrected chi connectivity index (χ4v) is 4.19. The average molecular weight is 399 g/mol. The molecular weight excluding hydrogens is 374 g/mol. The molecular formula is C21H25N3O5. The fraction of sp³-hybridized carbons (Fsp3) is 0.524. The van der Waals surface area contributed by atoms with E-state index in [4.69, 9.17) is 4.74 Å². The van der Waals surface area contributed by atoms with Crippen LogP contribution >= 0.6 is 0 Å². The zero-order valence-electron chi connectivity index (χ0n) is 16.2. The molecule has 2 N–H and O–H groups in total. The number of ether oxygens (including phenoxy) is 1. The van der Waals surface area contributed by atoms with Gasteiger partial charge in [-0.25, -0.2) is 9.78 Å². The van der Waals surface area contributed by atoms with Gasteiger partial charge in [0.15, 0.2) is 0 Å². The van der Waals surface area contributed by atoms with Crippen LogP contribution in [0.2, 0.25) is 0 Å². The topological polar surface area (TPSA) is 111 Å². The minimum absolute atomic E-state index is 0.0818. The highest BCUT2D eigenvalue weighted by atomic mass is 16.5. The van der Waals surface area contributed by atoms with Crippen molar-refractivity contribution in [1.29, 1.82) is 0 Å². The Kier molecular flexibility index (Phi) is 5.62. The van der Waals surface area contributed by atoms with E-state index in [1.54, 1.807) is 22.8 Å². The van der Waals surface area contributed by atoms with Crippen LogP contribution in [0.25, 0.3) is 10.9 Å². The molecule has 154 valence electrons. The van der Waals surface area contributed by atoms with Gasteiger partial charge in [0.1, 0.15) is 11.9 Å². The molecule has 2 aliphatic rings. The smallest absolute Gasteiger partial charge is 0.326 e. The molecule has 1 aromatic carbocycles. The van der Waals surface area contributed by atoms with Gasteiger partial charge in [-0.1, -0.05) is 6.42 Å². The number of aryl methyl sites for hydroxylation is 1. The summed E-state index contributed by atoms with van der Waals surface area (Å²) in [4.78, 5) is 41.9. The quantitative estimate of drug-likeness (QED) is 0.810. The Morgan fingerprint density at radius 3 is 2.86 bits per heavy atom. The molecule has 0 spiro atoms. The van der Waals surface area contributed by atoms with Gasteiger partial charge < -0.3 is 15.2 Å². The lowest BCUT2D eigenvalue weighted by atomic mass is 9.93. The van der Waals surface area contributed by atoms with Crippen LogP contribution in [0.15, 0.2) is 23.0 Å². The fourth-order valence-electron chi connectivity index (χ4n) is 4.19. The number of nitrogens with one attached hydrogen (secondary N) is 1. The summed E-state index contributed by atoms with van der Waals surface area (Å²) in [5.74, 6) is -1.07. The predicted molar refractivity (Wildman–Crippen MR) is 106 cm³/mol. The van der Waals surface area contributed by atoms with Crippen molar-refractivity contribution in [2.24, 2.45) is 5.92 Å². The Morgan fingerprint density at radius 2 is 2.10 bits per heavy atom. The molecule has 1 fully saturated rings. The van der Waals surface area contributed by atoms with Crippen LogP contribution in [-0.2, 0) is 22.5 Å². The second-order valence-corrected chi connectivity index (χ2v) is 7.79. The highest BCUT2D eigenvalue weighted by Gasteiger charge is 2.31. The van der Waals surface area contributed by atoms with E-state index in [0.29, 0.717) is 42.6 Å². The van der Waals surface area contributed by atoms with Crippen molar-refractivity contribution in [1.82, 2.24) is 14.9 Å². The Labute approximate surface area is 167 Å². The molecule has 2 atom stereocenters. The lowest BCUT2D eigenvalue weighted by Gasteiger charge is -2.28. The van der Waals surface area contributed by atoms with Gasteiger partial charge in [0.2, 0.25) is 0 Å². The summed E-state index contributed by atoms with van der Waals surface area (Å²) >= 11 is 0. The number of hydrogen-bond donors (Lipinski definition) is 2. The second-order valence-electron chi connectivity index (χ2n) is 7.79. The average Bonchev–Trinajstić information content (AvgIpc) is 2.97. The van der Waals surface area contributed by atoms with Gasteiger partial charge in [0.05, 0.1) is 17.5 Å². The SMILES string of the molecule is O=C(NC(C(=O)O)C1CCCOC1)c1ccc2c(=O)n3c(nc2c1)CCCCC3. The molecule has 0 radical (unpaired) electrons. The monoisotopic (exact) mass is 399 g/mol. The molecule has 2 aliphatic heterocycles. The largest absolute Gasteiger partial charge is 0.480 e. The van der Waals surface area contributed by atoms with Gasteiger partial charge in [-0.05, 0) is 43.9 Å². The van der Waals surface area contributed by atoms with E-state index in [-0.39, 0.29) is 11.5 Å². The maximum absolute atomic E-state index is 12.8. The summed E-state index contributed by atoms with van der Waals surface area (Å²) in [7, 11) is 0. The number of fused-ring (bicyclic) bond motifs is 2. The van der Waals surface area contributed by atoms with Crippen molar-refractivity contribution in [3.8, 4) is 0 Å². The van der Waals surface area contributed by atoms with E-state index in [1.165, 1.54) is 0 Å². The molecule has 0 aliphatic carbocycles.